The molecule has 162 valence electrons. The SMILES string of the molecule is CN=C[C@H]1C[C@@H]1C(=O)Nc1cc2cc(-c3cc4c(cc3C)NC(=O)C4O)nc(N)c2cn1. The maximum Gasteiger partial charge on any atom is 0.257 e. The van der Waals surface area contributed by atoms with E-state index in [0.29, 0.717) is 34.0 Å². The standard InChI is InChI=1S/C23H22N6O3/c1-10-3-17-15(20(30)23(32)28-17)7-13(10)18-5-11-6-19(26-9-16(11)21(24)27-18)29-22(31)14-4-12(14)8-25-2/h3,5-9,12,14,20,30H,4H2,1-2H3,(H2,24,27)(H,28,32)(H,26,29,31)/t12-,14+,20?/m1/s1. The van der Waals surface area contributed by atoms with E-state index in [1.165, 1.54) is 0 Å². The highest BCUT2D eigenvalue weighted by Crippen LogP contribution is 2.39. The minimum absolute atomic E-state index is 0.0777. The zero-order chi connectivity index (χ0) is 22.6. The molecule has 0 spiro atoms. The van der Waals surface area contributed by atoms with Gasteiger partial charge in [0.25, 0.3) is 5.91 Å². The quantitative estimate of drug-likeness (QED) is 0.468. The van der Waals surface area contributed by atoms with E-state index in [-0.39, 0.29) is 17.7 Å². The molecule has 32 heavy (non-hydrogen) atoms. The Bertz CT molecular complexity index is 1320. The molecular weight excluding hydrogens is 408 g/mol. The number of amides is 2. The largest absolute Gasteiger partial charge is 0.383 e. The van der Waals surface area contributed by atoms with Gasteiger partial charge in [0, 0.05) is 53.5 Å². The van der Waals surface area contributed by atoms with Crippen LogP contribution in [0.15, 0.2) is 35.5 Å². The Balaban J connectivity index is 1.49. The van der Waals surface area contributed by atoms with Crippen LogP contribution in [-0.2, 0) is 9.59 Å². The van der Waals surface area contributed by atoms with Crippen LogP contribution in [0.3, 0.4) is 0 Å². The summed E-state index contributed by atoms with van der Waals surface area (Å²) in [5, 5.41) is 17.1. The number of anilines is 3. The first kappa shape index (κ1) is 20.1. The summed E-state index contributed by atoms with van der Waals surface area (Å²) in [7, 11) is 1.70. The minimum Gasteiger partial charge on any atom is -0.383 e. The van der Waals surface area contributed by atoms with Crippen LogP contribution in [0.5, 0.6) is 0 Å². The molecule has 2 amide bonds. The molecule has 1 saturated carbocycles. The lowest BCUT2D eigenvalue weighted by Gasteiger charge is -2.12. The minimum atomic E-state index is -1.21. The predicted molar refractivity (Wildman–Crippen MR) is 122 cm³/mol. The topological polar surface area (TPSA) is 143 Å². The van der Waals surface area contributed by atoms with Gasteiger partial charge < -0.3 is 26.5 Å². The zero-order valence-corrected chi connectivity index (χ0v) is 17.6. The van der Waals surface area contributed by atoms with Gasteiger partial charge in [-0.3, -0.25) is 9.59 Å². The molecule has 0 saturated heterocycles. The van der Waals surface area contributed by atoms with Crippen LogP contribution < -0.4 is 16.4 Å². The van der Waals surface area contributed by atoms with Crippen molar-refractivity contribution in [1.29, 1.82) is 0 Å². The van der Waals surface area contributed by atoms with Gasteiger partial charge in [0.15, 0.2) is 6.10 Å². The monoisotopic (exact) mass is 430 g/mol. The second-order valence-corrected chi connectivity index (χ2v) is 8.23. The number of carbonyl (C=O) groups is 2. The number of aliphatic imine (C=N–C) groups is 1. The van der Waals surface area contributed by atoms with Crippen LogP contribution in [0.25, 0.3) is 22.0 Å². The van der Waals surface area contributed by atoms with Crippen molar-refractivity contribution in [3.63, 3.8) is 0 Å². The number of pyridine rings is 2. The number of hydrogen-bond donors (Lipinski definition) is 4. The number of rotatable bonds is 4. The Morgan fingerprint density at radius 1 is 1.34 bits per heavy atom. The Morgan fingerprint density at radius 2 is 2.16 bits per heavy atom. The second kappa shape index (κ2) is 7.38. The smallest absolute Gasteiger partial charge is 0.257 e. The van der Waals surface area contributed by atoms with Gasteiger partial charge in [0.1, 0.15) is 11.6 Å². The van der Waals surface area contributed by atoms with E-state index in [9.17, 15) is 14.7 Å². The van der Waals surface area contributed by atoms with Crippen molar-refractivity contribution in [1.82, 2.24) is 9.97 Å². The van der Waals surface area contributed by atoms with Gasteiger partial charge in [-0.25, -0.2) is 9.97 Å². The maximum absolute atomic E-state index is 12.5. The Hall–Kier alpha value is -3.85. The third-order valence-corrected chi connectivity index (χ3v) is 5.99. The molecule has 1 fully saturated rings. The van der Waals surface area contributed by atoms with Crippen molar-refractivity contribution < 1.29 is 14.7 Å². The third kappa shape index (κ3) is 3.36. The number of aromatic nitrogens is 2. The Kier molecular flexibility index (Phi) is 4.63. The number of aliphatic hydroxyl groups excluding tert-OH is 1. The molecule has 9 nitrogen and oxygen atoms in total. The van der Waals surface area contributed by atoms with Gasteiger partial charge in [-0.05, 0) is 48.6 Å². The Labute approximate surface area is 183 Å². The first-order valence-corrected chi connectivity index (χ1v) is 10.3. The molecule has 1 aliphatic heterocycles. The fourth-order valence-corrected chi connectivity index (χ4v) is 4.15. The summed E-state index contributed by atoms with van der Waals surface area (Å²) in [6.07, 6.45) is 2.97. The summed E-state index contributed by atoms with van der Waals surface area (Å²) < 4.78 is 0. The van der Waals surface area contributed by atoms with Gasteiger partial charge in [0.2, 0.25) is 5.91 Å². The Morgan fingerprint density at radius 3 is 2.94 bits per heavy atom. The number of benzene rings is 1. The van der Waals surface area contributed by atoms with E-state index in [4.69, 9.17) is 5.73 Å². The summed E-state index contributed by atoms with van der Waals surface area (Å²) in [5.41, 5.74) is 9.54. The summed E-state index contributed by atoms with van der Waals surface area (Å²) in [4.78, 5) is 37.1. The van der Waals surface area contributed by atoms with Gasteiger partial charge in [-0.15, -0.1) is 0 Å². The summed E-state index contributed by atoms with van der Waals surface area (Å²) in [5.74, 6) is 0.326. The van der Waals surface area contributed by atoms with Crippen molar-refractivity contribution in [2.24, 2.45) is 16.8 Å². The summed E-state index contributed by atoms with van der Waals surface area (Å²) >= 11 is 0. The zero-order valence-electron chi connectivity index (χ0n) is 17.6. The lowest BCUT2D eigenvalue weighted by molar-refractivity contribution is -0.123. The lowest BCUT2D eigenvalue weighted by atomic mass is 9.98. The van der Waals surface area contributed by atoms with Gasteiger partial charge in [-0.1, -0.05) is 0 Å². The number of nitrogens with one attached hydrogen (secondary N) is 2. The molecule has 3 heterocycles. The molecule has 3 aromatic rings. The van der Waals surface area contributed by atoms with Crippen LogP contribution in [-0.4, -0.2) is 40.2 Å². The van der Waals surface area contributed by atoms with Crippen LogP contribution in [0, 0.1) is 18.8 Å². The fourth-order valence-electron chi connectivity index (χ4n) is 4.15. The van der Waals surface area contributed by atoms with Crippen molar-refractivity contribution in [3.05, 3.63) is 41.6 Å². The molecule has 2 aromatic heterocycles. The molecule has 5 rings (SSSR count). The highest BCUT2D eigenvalue weighted by molar-refractivity contribution is 6.03. The second-order valence-electron chi connectivity index (χ2n) is 8.23. The number of aliphatic hydroxyl groups is 1. The highest BCUT2D eigenvalue weighted by atomic mass is 16.3. The molecule has 9 heteroatoms. The normalized spacial score (nSPS) is 21.6. The molecule has 0 bridgehead atoms. The molecule has 1 aliphatic carbocycles. The number of nitrogen functional groups attached to an aromatic ring is 1. The van der Waals surface area contributed by atoms with E-state index < -0.39 is 12.0 Å². The van der Waals surface area contributed by atoms with E-state index >= 15 is 0 Å². The van der Waals surface area contributed by atoms with Crippen LogP contribution in [0.2, 0.25) is 0 Å². The van der Waals surface area contributed by atoms with Gasteiger partial charge in [-0.2, -0.15) is 0 Å². The fraction of sp³-hybridized carbons (Fsp3) is 0.261. The highest BCUT2D eigenvalue weighted by Gasteiger charge is 2.41. The predicted octanol–water partition coefficient (Wildman–Crippen LogP) is 2.45. The molecule has 5 N–H and O–H groups in total. The number of aryl methyl sites for hydroxylation is 1. The first-order valence-electron chi connectivity index (χ1n) is 10.3. The van der Waals surface area contributed by atoms with E-state index in [1.807, 2.05) is 19.1 Å². The number of fused-ring (bicyclic) bond motifs is 2. The summed E-state index contributed by atoms with van der Waals surface area (Å²) in [6, 6.07) is 7.19. The maximum atomic E-state index is 12.5. The van der Waals surface area contributed by atoms with Crippen molar-refractivity contribution in [2.75, 3.05) is 23.4 Å². The molecule has 1 unspecified atom stereocenters. The van der Waals surface area contributed by atoms with Crippen molar-refractivity contribution in [2.45, 2.75) is 19.4 Å². The van der Waals surface area contributed by atoms with Crippen LogP contribution in [0.4, 0.5) is 17.3 Å². The van der Waals surface area contributed by atoms with Crippen molar-refractivity contribution >= 4 is 46.1 Å². The van der Waals surface area contributed by atoms with E-state index in [2.05, 4.69) is 25.6 Å². The van der Waals surface area contributed by atoms with Gasteiger partial charge >= 0.3 is 0 Å². The number of nitrogens with zero attached hydrogens (tertiary/aromatic N) is 3. The summed E-state index contributed by atoms with van der Waals surface area (Å²) in [6.45, 7) is 1.90. The van der Waals surface area contributed by atoms with Crippen LogP contribution in [0.1, 0.15) is 23.7 Å². The lowest BCUT2D eigenvalue weighted by Crippen LogP contribution is -2.16. The average Bonchev–Trinajstić information content (AvgIpc) is 3.47. The number of hydrogen-bond acceptors (Lipinski definition) is 7. The van der Waals surface area contributed by atoms with E-state index in [0.717, 1.165) is 22.9 Å². The van der Waals surface area contributed by atoms with E-state index in [1.54, 1.807) is 31.6 Å². The van der Waals surface area contributed by atoms with Crippen molar-refractivity contribution in [3.8, 4) is 11.3 Å². The van der Waals surface area contributed by atoms with Crippen LogP contribution >= 0.6 is 0 Å². The molecule has 0 radical (unpaired) electrons. The third-order valence-electron chi connectivity index (χ3n) is 5.99. The molecular formula is C23H22N6O3. The average molecular weight is 430 g/mol. The number of carbonyl (C=O) groups excluding carboxylic acids is 2. The first-order chi connectivity index (χ1) is 15.4. The van der Waals surface area contributed by atoms with Gasteiger partial charge in [0.05, 0.1) is 5.69 Å². The molecule has 2 aliphatic rings. The molecule has 3 atom stereocenters. The molecule has 1 aromatic carbocycles. The number of nitrogens with two attached hydrogens (primary N) is 1.